The topological polar surface area (TPSA) is 35.8 Å². The van der Waals surface area contributed by atoms with E-state index < -0.39 is 0 Å². The molecule has 1 saturated carbocycles. The van der Waals surface area contributed by atoms with Crippen molar-refractivity contribution < 1.29 is 0 Å². The lowest BCUT2D eigenvalue weighted by Crippen LogP contribution is -2.27. The van der Waals surface area contributed by atoms with Crippen molar-refractivity contribution in [2.24, 2.45) is 5.92 Å². The van der Waals surface area contributed by atoms with Crippen molar-refractivity contribution >= 4 is 0 Å². The lowest BCUT2D eigenvalue weighted by Gasteiger charge is -2.09. The SMILES string of the molecule is CNC1CCCC1C#N. The molecule has 2 heteroatoms. The van der Waals surface area contributed by atoms with Gasteiger partial charge in [0.15, 0.2) is 0 Å². The van der Waals surface area contributed by atoms with E-state index in [9.17, 15) is 0 Å². The molecule has 0 aromatic rings. The van der Waals surface area contributed by atoms with Crippen molar-refractivity contribution in [1.82, 2.24) is 5.32 Å². The first-order valence-electron chi connectivity index (χ1n) is 3.45. The zero-order valence-corrected chi connectivity index (χ0v) is 5.72. The summed E-state index contributed by atoms with van der Waals surface area (Å²) in [5.74, 6) is 0.273. The number of nitrogens with zero attached hydrogens (tertiary/aromatic N) is 1. The molecule has 2 unspecified atom stereocenters. The first kappa shape index (κ1) is 6.57. The average Bonchev–Trinajstić information content (AvgIpc) is 2.33. The molecule has 0 aliphatic heterocycles. The second kappa shape index (κ2) is 2.84. The molecule has 0 radical (unpaired) electrons. The van der Waals surface area contributed by atoms with Crippen LogP contribution >= 0.6 is 0 Å². The second-order valence-electron chi connectivity index (χ2n) is 2.56. The van der Waals surface area contributed by atoms with E-state index in [0.717, 1.165) is 6.42 Å². The number of nitriles is 1. The van der Waals surface area contributed by atoms with Crippen LogP contribution in [0.2, 0.25) is 0 Å². The first-order valence-corrected chi connectivity index (χ1v) is 3.45. The van der Waals surface area contributed by atoms with Crippen molar-refractivity contribution in [1.29, 1.82) is 5.26 Å². The minimum absolute atomic E-state index is 0.273. The van der Waals surface area contributed by atoms with Crippen molar-refractivity contribution in [3.63, 3.8) is 0 Å². The molecule has 0 spiro atoms. The zero-order valence-electron chi connectivity index (χ0n) is 5.72. The minimum Gasteiger partial charge on any atom is -0.316 e. The van der Waals surface area contributed by atoms with Gasteiger partial charge in [-0.3, -0.25) is 0 Å². The van der Waals surface area contributed by atoms with Crippen LogP contribution in [-0.4, -0.2) is 13.1 Å². The van der Waals surface area contributed by atoms with E-state index in [-0.39, 0.29) is 5.92 Å². The van der Waals surface area contributed by atoms with E-state index in [2.05, 4.69) is 11.4 Å². The zero-order chi connectivity index (χ0) is 6.69. The Bertz CT molecular complexity index is 125. The smallest absolute Gasteiger partial charge is 0.0672 e. The molecule has 0 aromatic heterocycles. The predicted octanol–water partition coefficient (Wildman–Crippen LogP) is 0.898. The maximum atomic E-state index is 8.58. The number of rotatable bonds is 1. The largest absolute Gasteiger partial charge is 0.316 e. The molecule has 1 rings (SSSR count). The van der Waals surface area contributed by atoms with Gasteiger partial charge in [0.2, 0.25) is 0 Å². The monoisotopic (exact) mass is 124 g/mol. The molecule has 0 heterocycles. The van der Waals surface area contributed by atoms with Crippen LogP contribution in [0.5, 0.6) is 0 Å². The highest BCUT2D eigenvalue weighted by molar-refractivity contribution is 4.95. The molecule has 1 fully saturated rings. The van der Waals surface area contributed by atoms with Crippen molar-refractivity contribution in [2.75, 3.05) is 7.05 Å². The van der Waals surface area contributed by atoms with E-state index in [4.69, 9.17) is 5.26 Å². The summed E-state index contributed by atoms with van der Waals surface area (Å²) in [5, 5.41) is 11.7. The average molecular weight is 124 g/mol. The van der Waals surface area contributed by atoms with E-state index in [1.54, 1.807) is 0 Å². The van der Waals surface area contributed by atoms with E-state index >= 15 is 0 Å². The number of hydrogen-bond donors (Lipinski definition) is 1. The third-order valence-electron chi connectivity index (χ3n) is 2.05. The highest BCUT2D eigenvalue weighted by Gasteiger charge is 2.24. The van der Waals surface area contributed by atoms with Gasteiger partial charge in [0, 0.05) is 6.04 Å². The summed E-state index contributed by atoms with van der Waals surface area (Å²) in [6.07, 6.45) is 3.47. The van der Waals surface area contributed by atoms with Gasteiger partial charge in [-0.2, -0.15) is 5.26 Å². The molecule has 9 heavy (non-hydrogen) atoms. The third kappa shape index (κ3) is 1.22. The highest BCUT2D eigenvalue weighted by atomic mass is 14.9. The molecule has 1 aliphatic rings. The fourth-order valence-corrected chi connectivity index (χ4v) is 1.46. The van der Waals surface area contributed by atoms with E-state index in [1.165, 1.54) is 12.8 Å². The quantitative estimate of drug-likeness (QED) is 0.563. The molecule has 1 aliphatic carbocycles. The Hall–Kier alpha value is -0.550. The fraction of sp³-hybridized carbons (Fsp3) is 0.857. The Balaban J connectivity index is 2.44. The van der Waals surface area contributed by atoms with Gasteiger partial charge < -0.3 is 5.32 Å². The van der Waals surface area contributed by atoms with Gasteiger partial charge in [-0.15, -0.1) is 0 Å². The van der Waals surface area contributed by atoms with Crippen LogP contribution < -0.4 is 5.32 Å². The van der Waals surface area contributed by atoms with Crippen molar-refractivity contribution in [3.8, 4) is 6.07 Å². The van der Waals surface area contributed by atoms with Crippen molar-refractivity contribution in [3.05, 3.63) is 0 Å². The van der Waals surface area contributed by atoms with Crippen LogP contribution in [0, 0.1) is 17.2 Å². The van der Waals surface area contributed by atoms with Gasteiger partial charge in [-0.05, 0) is 19.9 Å². The molecular weight excluding hydrogens is 112 g/mol. The Kier molecular flexibility index (Phi) is 2.07. The van der Waals surface area contributed by atoms with Gasteiger partial charge >= 0.3 is 0 Å². The van der Waals surface area contributed by atoms with Crippen molar-refractivity contribution in [2.45, 2.75) is 25.3 Å². The van der Waals surface area contributed by atoms with Crippen LogP contribution in [0.3, 0.4) is 0 Å². The molecule has 0 aromatic carbocycles. The van der Waals surface area contributed by atoms with Gasteiger partial charge in [0.1, 0.15) is 0 Å². The molecule has 0 saturated heterocycles. The summed E-state index contributed by atoms with van der Waals surface area (Å²) < 4.78 is 0. The van der Waals surface area contributed by atoms with E-state index in [1.807, 2.05) is 7.05 Å². The third-order valence-corrected chi connectivity index (χ3v) is 2.05. The maximum absolute atomic E-state index is 8.58. The molecule has 0 amide bonds. The molecule has 50 valence electrons. The van der Waals surface area contributed by atoms with E-state index in [0.29, 0.717) is 6.04 Å². The molecule has 0 bridgehead atoms. The fourth-order valence-electron chi connectivity index (χ4n) is 1.46. The minimum atomic E-state index is 0.273. The first-order chi connectivity index (χ1) is 4.38. The number of hydrogen-bond acceptors (Lipinski definition) is 2. The summed E-state index contributed by atoms with van der Waals surface area (Å²) in [4.78, 5) is 0. The lowest BCUT2D eigenvalue weighted by atomic mass is 10.1. The highest BCUT2D eigenvalue weighted by Crippen LogP contribution is 2.23. The normalized spacial score (nSPS) is 34.2. The molecule has 1 N–H and O–H groups in total. The second-order valence-corrected chi connectivity index (χ2v) is 2.56. The summed E-state index contributed by atoms with van der Waals surface area (Å²) >= 11 is 0. The molecule has 2 nitrogen and oxygen atoms in total. The van der Waals surface area contributed by atoms with Gasteiger partial charge in [0.25, 0.3) is 0 Å². The predicted molar refractivity (Wildman–Crippen MR) is 35.8 cm³/mol. The Morgan fingerprint density at radius 1 is 1.56 bits per heavy atom. The summed E-state index contributed by atoms with van der Waals surface area (Å²) in [5.41, 5.74) is 0. The van der Waals surface area contributed by atoms with Crippen LogP contribution in [-0.2, 0) is 0 Å². The van der Waals surface area contributed by atoms with Gasteiger partial charge in [0.05, 0.1) is 12.0 Å². The number of nitrogens with one attached hydrogen (secondary N) is 1. The molecule has 2 atom stereocenters. The van der Waals surface area contributed by atoms with Gasteiger partial charge in [-0.1, -0.05) is 6.42 Å². The molecular formula is C7H12N2. The maximum Gasteiger partial charge on any atom is 0.0672 e. The Morgan fingerprint density at radius 2 is 2.33 bits per heavy atom. The standard InChI is InChI=1S/C7H12N2/c1-9-7-4-2-3-6(7)5-8/h6-7,9H,2-4H2,1H3. The summed E-state index contributed by atoms with van der Waals surface area (Å²) in [6, 6.07) is 2.77. The Labute approximate surface area is 55.9 Å². The van der Waals surface area contributed by atoms with Crippen LogP contribution in [0.25, 0.3) is 0 Å². The summed E-state index contributed by atoms with van der Waals surface area (Å²) in [6.45, 7) is 0. The van der Waals surface area contributed by atoms with Crippen LogP contribution in [0.4, 0.5) is 0 Å². The summed E-state index contributed by atoms with van der Waals surface area (Å²) in [7, 11) is 1.93. The van der Waals surface area contributed by atoms with Crippen LogP contribution in [0.1, 0.15) is 19.3 Å². The van der Waals surface area contributed by atoms with Gasteiger partial charge in [-0.25, -0.2) is 0 Å². The van der Waals surface area contributed by atoms with Crippen LogP contribution in [0.15, 0.2) is 0 Å². The Morgan fingerprint density at radius 3 is 2.78 bits per heavy atom. The lowest BCUT2D eigenvalue weighted by molar-refractivity contribution is 0.506.